The minimum absolute atomic E-state index is 0.00301. The predicted molar refractivity (Wildman–Crippen MR) is 61.6 cm³/mol. The molecule has 1 rings (SSSR count). The molecule has 0 unspecified atom stereocenters. The third-order valence-electron chi connectivity index (χ3n) is 3.00. The minimum atomic E-state index is -0.150. The second-order valence-corrected chi connectivity index (χ2v) is 4.42. The number of anilines is 1. The molecule has 0 aromatic carbocycles. The quantitative estimate of drug-likeness (QED) is 0.809. The summed E-state index contributed by atoms with van der Waals surface area (Å²) in [6, 6.07) is 0. The Morgan fingerprint density at radius 3 is 2.69 bits per heavy atom. The van der Waals surface area contributed by atoms with Gasteiger partial charge in [0.15, 0.2) is 0 Å². The van der Waals surface area contributed by atoms with E-state index in [0.29, 0.717) is 0 Å². The van der Waals surface area contributed by atoms with Gasteiger partial charge in [0.05, 0.1) is 0 Å². The maximum absolute atomic E-state index is 11.9. The van der Waals surface area contributed by atoms with Gasteiger partial charge in [0.2, 0.25) is 11.9 Å². The van der Waals surface area contributed by atoms with Gasteiger partial charge in [0.1, 0.15) is 12.9 Å². The van der Waals surface area contributed by atoms with E-state index < -0.39 is 0 Å². The molecule has 1 aromatic rings. The van der Waals surface area contributed by atoms with E-state index in [4.69, 9.17) is 5.73 Å². The molecule has 0 radical (unpaired) electrons. The molecule has 6 nitrogen and oxygen atoms in total. The molecular weight excluding hydrogens is 206 g/mol. The summed E-state index contributed by atoms with van der Waals surface area (Å²) < 4.78 is 1.44. The molecule has 0 fully saturated rings. The number of aromatic nitrogens is 3. The number of carbonyl (C=O) groups is 1. The standard InChI is InChI=1S/C10H19N5O/c1-5-10(2,3)14(4)8(16)6-15-7-12-9(11)13-15/h7H,5-6H2,1-4H3,(H2,11,13). The molecule has 1 amide bonds. The van der Waals surface area contributed by atoms with Crippen molar-refractivity contribution in [2.45, 2.75) is 39.3 Å². The number of carbonyl (C=O) groups excluding carboxylic acids is 1. The number of hydrogen-bond donors (Lipinski definition) is 1. The summed E-state index contributed by atoms with van der Waals surface area (Å²) in [5.74, 6) is 0.182. The van der Waals surface area contributed by atoms with Crippen molar-refractivity contribution in [2.75, 3.05) is 12.8 Å². The fourth-order valence-corrected chi connectivity index (χ4v) is 1.20. The minimum Gasteiger partial charge on any atom is -0.367 e. The molecule has 1 heterocycles. The van der Waals surface area contributed by atoms with E-state index in [1.54, 1.807) is 11.9 Å². The van der Waals surface area contributed by atoms with Gasteiger partial charge in [-0.2, -0.15) is 0 Å². The van der Waals surface area contributed by atoms with Crippen LogP contribution in [0.5, 0.6) is 0 Å². The lowest BCUT2D eigenvalue weighted by molar-refractivity contribution is -0.135. The maximum atomic E-state index is 11.9. The van der Waals surface area contributed by atoms with Gasteiger partial charge in [-0.05, 0) is 20.3 Å². The zero-order chi connectivity index (χ0) is 12.3. The van der Waals surface area contributed by atoms with E-state index in [1.165, 1.54) is 11.0 Å². The second kappa shape index (κ2) is 4.51. The van der Waals surface area contributed by atoms with Crippen molar-refractivity contribution < 1.29 is 4.79 Å². The van der Waals surface area contributed by atoms with Crippen molar-refractivity contribution >= 4 is 11.9 Å². The Labute approximate surface area is 95.4 Å². The summed E-state index contributed by atoms with van der Waals surface area (Å²) in [7, 11) is 1.80. The Hall–Kier alpha value is -1.59. The molecule has 0 aliphatic heterocycles. The first-order valence-electron chi connectivity index (χ1n) is 5.28. The van der Waals surface area contributed by atoms with Crippen LogP contribution in [0.25, 0.3) is 0 Å². The fourth-order valence-electron chi connectivity index (χ4n) is 1.20. The SMILES string of the molecule is CCC(C)(C)N(C)C(=O)Cn1cnc(N)n1. The summed E-state index contributed by atoms with van der Waals surface area (Å²) in [5, 5.41) is 3.88. The topological polar surface area (TPSA) is 77.0 Å². The number of rotatable bonds is 4. The first-order valence-corrected chi connectivity index (χ1v) is 5.28. The van der Waals surface area contributed by atoms with Gasteiger partial charge in [-0.25, -0.2) is 9.67 Å². The highest BCUT2D eigenvalue weighted by Crippen LogP contribution is 2.16. The lowest BCUT2D eigenvalue weighted by Crippen LogP contribution is -2.45. The Balaban J connectivity index is 2.66. The third kappa shape index (κ3) is 2.71. The van der Waals surface area contributed by atoms with Gasteiger partial charge in [-0.15, -0.1) is 5.10 Å². The highest BCUT2D eigenvalue weighted by molar-refractivity contribution is 5.76. The lowest BCUT2D eigenvalue weighted by atomic mass is 10.00. The van der Waals surface area contributed by atoms with E-state index in [2.05, 4.69) is 17.0 Å². The second-order valence-electron chi connectivity index (χ2n) is 4.42. The van der Waals surface area contributed by atoms with Gasteiger partial charge in [0, 0.05) is 12.6 Å². The van der Waals surface area contributed by atoms with Crippen LogP contribution in [-0.2, 0) is 11.3 Å². The number of nitrogens with zero attached hydrogens (tertiary/aromatic N) is 4. The number of nitrogen functional groups attached to an aromatic ring is 1. The Kier molecular flexibility index (Phi) is 3.51. The van der Waals surface area contributed by atoms with Crippen LogP contribution in [0.3, 0.4) is 0 Å². The molecule has 16 heavy (non-hydrogen) atoms. The molecule has 2 N–H and O–H groups in total. The molecule has 0 bridgehead atoms. The van der Waals surface area contributed by atoms with Crippen molar-refractivity contribution in [3.05, 3.63) is 6.33 Å². The van der Waals surface area contributed by atoms with Gasteiger partial charge in [0.25, 0.3) is 0 Å². The summed E-state index contributed by atoms with van der Waals surface area (Å²) >= 11 is 0. The summed E-state index contributed by atoms with van der Waals surface area (Å²) in [6.45, 7) is 6.28. The smallest absolute Gasteiger partial charge is 0.244 e. The highest BCUT2D eigenvalue weighted by Gasteiger charge is 2.25. The van der Waals surface area contributed by atoms with E-state index in [1.807, 2.05) is 13.8 Å². The predicted octanol–water partition coefficient (Wildman–Crippen LogP) is 0.507. The summed E-state index contributed by atoms with van der Waals surface area (Å²) in [4.78, 5) is 17.4. The number of amides is 1. The monoisotopic (exact) mass is 225 g/mol. The molecule has 0 atom stereocenters. The lowest BCUT2D eigenvalue weighted by Gasteiger charge is -2.34. The van der Waals surface area contributed by atoms with Crippen LogP contribution in [0.4, 0.5) is 5.95 Å². The molecule has 90 valence electrons. The van der Waals surface area contributed by atoms with Crippen molar-refractivity contribution in [3.8, 4) is 0 Å². The van der Waals surface area contributed by atoms with Crippen molar-refractivity contribution in [2.24, 2.45) is 0 Å². The van der Waals surface area contributed by atoms with Crippen LogP contribution < -0.4 is 5.73 Å². The first kappa shape index (κ1) is 12.5. The average Bonchev–Trinajstić information content (AvgIpc) is 2.62. The summed E-state index contributed by atoms with van der Waals surface area (Å²) in [6.07, 6.45) is 2.36. The zero-order valence-corrected chi connectivity index (χ0v) is 10.3. The van der Waals surface area contributed by atoms with Crippen molar-refractivity contribution in [1.29, 1.82) is 0 Å². The molecule has 0 aliphatic rings. The summed E-state index contributed by atoms with van der Waals surface area (Å²) in [5.41, 5.74) is 5.22. The van der Waals surface area contributed by atoms with Crippen LogP contribution in [0.1, 0.15) is 27.2 Å². The van der Waals surface area contributed by atoms with E-state index in [9.17, 15) is 4.79 Å². The van der Waals surface area contributed by atoms with Crippen LogP contribution in [0.15, 0.2) is 6.33 Å². The molecular formula is C10H19N5O. The average molecular weight is 225 g/mol. The fraction of sp³-hybridized carbons (Fsp3) is 0.700. The van der Waals surface area contributed by atoms with E-state index in [-0.39, 0.29) is 23.9 Å². The molecule has 0 aliphatic carbocycles. The Morgan fingerprint density at radius 2 is 2.25 bits per heavy atom. The van der Waals surface area contributed by atoms with Crippen molar-refractivity contribution in [3.63, 3.8) is 0 Å². The highest BCUT2D eigenvalue weighted by atomic mass is 16.2. The van der Waals surface area contributed by atoms with E-state index in [0.717, 1.165) is 6.42 Å². The first-order chi connectivity index (χ1) is 7.36. The normalized spacial score (nSPS) is 11.5. The third-order valence-corrected chi connectivity index (χ3v) is 3.00. The van der Waals surface area contributed by atoms with Gasteiger partial charge >= 0.3 is 0 Å². The van der Waals surface area contributed by atoms with Crippen LogP contribution >= 0.6 is 0 Å². The van der Waals surface area contributed by atoms with Crippen LogP contribution in [0.2, 0.25) is 0 Å². The van der Waals surface area contributed by atoms with Gasteiger partial charge in [-0.3, -0.25) is 4.79 Å². The zero-order valence-electron chi connectivity index (χ0n) is 10.3. The molecule has 0 saturated carbocycles. The van der Waals surface area contributed by atoms with Gasteiger partial charge in [-0.1, -0.05) is 6.92 Å². The van der Waals surface area contributed by atoms with E-state index >= 15 is 0 Å². The van der Waals surface area contributed by atoms with Crippen LogP contribution in [0, 0.1) is 0 Å². The molecule has 0 spiro atoms. The number of hydrogen-bond acceptors (Lipinski definition) is 4. The molecule has 6 heteroatoms. The number of likely N-dealkylation sites (N-methyl/N-ethyl adjacent to an activating group) is 1. The maximum Gasteiger partial charge on any atom is 0.244 e. The molecule has 1 aromatic heterocycles. The number of nitrogens with two attached hydrogens (primary N) is 1. The Bertz CT molecular complexity index is 371. The van der Waals surface area contributed by atoms with Crippen molar-refractivity contribution in [1.82, 2.24) is 19.7 Å². The largest absolute Gasteiger partial charge is 0.367 e. The van der Waals surface area contributed by atoms with Crippen LogP contribution in [-0.4, -0.2) is 38.2 Å². The molecule has 0 saturated heterocycles. The van der Waals surface area contributed by atoms with Gasteiger partial charge < -0.3 is 10.6 Å². The Morgan fingerprint density at radius 1 is 1.62 bits per heavy atom.